The van der Waals surface area contributed by atoms with Gasteiger partial charge in [0.1, 0.15) is 6.10 Å². The van der Waals surface area contributed by atoms with Crippen molar-refractivity contribution in [1.82, 2.24) is 4.90 Å². The van der Waals surface area contributed by atoms with E-state index in [1.54, 1.807) is 6.08 Å². The van der Waals surface area contributed by atoms with E-state index in [0.29, 0.717) is 0 Å². The Bertz CT molecular complexity index is 438. The number of hydrogen-bond donors (Lipinski definition) is 0. The first-order valence-corrected chi connectivity index (χ1v) is 6.98. The van der Waals surface area contributed by atoms with Crippen LogP contribution in [-0.4, -0.2) is 49.8 Å². The molecule has 0 radical (unpaired) electrons. The summed E-state index contributed by atoms with van der Waals surface area (Å²) in [5.74, 6) is -0.297. The number of carbonyl (C=O) groups excluding carboxylic acids is 1. The van der Waals surface area contributed by atoms with Crippen LogP contribution in [0.25, 0.3) is 6.08 Å². The van der Waals surface area contributed by atoms with Crippen LogP contribution in [0.4, 0.5) is 0 Å². The van der Waals surface area contributed by atoms with Gasteiger partial charge in [-0.2, -0.15) is 0 Å². The van der Waals surface area contributed by atoms with Gasteiger partial charge in [-0.1, -0.05) is 30.3 Å². The molecule has 1 saturated heterocycles. The predicted molar refractivity (Wildman–Crippen MR) is 78.3 cm³/mol. The molecule has 1 aromatic carbocycles. The van der Waals surface area contributed by atoms with Crippen LogP contribution in [0.2, 0.25) is 0 Å². The van der Waals surface area contributed by atoms with Gasteiger partial charge in [-0.25, -0.2) is 4.79 Å². The third-order valence-electron chi connectivity index (χ3n) is 3.15. The normalized spacial score (nSPS) is 18.1. The lowest BCUT2D eigenvalue weighted by atomic mass is 10.2. The van der Waals surface area contributed by atoms with Crippen molar-refractivity contribution in [3.63, 3.8) is 0 Å². The second-order valence-corrected chi connectivity index (χ2v) is 4.90. The molecule has 1 aliphatic heterocycles. The van der Waals surface area contributed by atoms with Crippen molar-refractivity contribution in [3.05, 3.63) is 42.0 Å². The van der Waals surface area contributed by atoms with Crippen LogP contribution in [0.5, 0.6) is 0 Å². The van der Waals surface area contributed by atoms with E-state index in [9.17, 15) is 4.79 Å². The van der Waals surface area contributed by atoms with E-state index in [1.807, 2.05) is 37.3 Å². The van der Waals surface area contributed by atoms with Gasteiger partial charge in [0.05, 0.1) is 13.2 Å². The second-order valence-electron chi connectivity index (χ2n) is 4.90. The molecule has 4 nitrogen and oxygen atoms in total. The van der Waals surface area contributed by atoms with E-state index >= 15 is 0 Å². The SMILES string of the molecule is CC(CN1CCOCC1)OC(=O)/C=C/c1ccccc1. The number of hydrogen-bond acceptors (Lipinski definition) is 4. The first kappa shape index (κ1) is 14.8. The molecule has 0 bridgehead atoms. The van der Waals surface area contributed by atoms with Gasteiger partial charge >= 0.3 is 5.97 Å². The van der Waals surface area contributed by atoms with Crippen LogP contribution in [-0.2, 0) is 14.3 Å². The largest absolute Gasteiger partial charge is 0.458 e. The van der Waals surface area contributed by atoms with Gasteiger partial charge in [0, 0.05) is 25.7 Å². The highest BCUT2D eigenvalue weighted by Crippen LogP contribution is 2.04. The highest BCUT2D eigenvalue weighted by atomic mass is 16.5. The number of benzene rings is 1. The summed E-state index contributed by atoms with van der Waals surface area (Å²) in [6.07, 6.45) is 3.13. The van der Waals surface area contributed by atoms with Crippen LogP contribution >= 0.6 is 0 Å². The van der Waals surface area contributed by atoms with Crippen LogP contribution in [0.15, 0.2) is 36.4 Å². The third-order valence-corrected chi connectivity index (χ3v) is 3.15. The van der Waals surface area contributed by atoms with E-state index < -0.39 is 0 Å². The number of rotatable bonds is 5. The zero-order chi connectivity index (χ0) is 14.2. The summed E-state index contributed by atoms with van der Waals surface area (Å²) in [6.45, 7) is 6.00. The van der Waals surface area contributed by atoms with Crippen molar-refractivity contribution in [2.24, 2.45) is 0 Å². The van der Waals surface area contributed by atoms with Crippen molar-refractivity contribution in [3.8, 4) is 0 Å². The zero-order valence-electron chi connectivity index (χ0n) is 11.8. The van der Waals surface area contributed by atoms with Crippen molar-refractivity contribution in [1.29, 1.82) is 0 Å². The van der Waals surface area contributed by atoms with E-state index in [2.05, 4.69) is 4.90 Å². The number of nitrogens with zero attached hydrogens (tertiary/aromatic N) is 1. The summed E-state index contributed by atoms with van der Waals surface area (Å²) >= 11 is 0. The first-order chi connectivity index (χ1) is 9.74. The fraction of sp³-hybridized carbons (Fsp3) is 0.438. The lowest BCUT2D eigenvalue weighted by Crippen LogP contribution is -2.41. The Morgan fingerprint density at radius 2 is 2.05 bits per heavy atom. The zero-order valence-corrected chi connectivity index (χ0v) is 11.8. The van der Waals surface area contributed by atoms with E-state index in [4.69, 9.17) is 9.47 Å². The first-order valence-electron chi connectivity index (χ1n) is 6.98. The molecule has 4 heteroatoms. The second kappa shape index (κ2) is 7.82. The van der Waals surface area contributed by atoms with Gasteiger partial charge in [0.15, 0.2) is 0 Å². The van der Waals surface area contributed by atoms with Gasteiger partial charge in [-0.15, -0.1) is 0 Å². The predicted octanol–water partition coefficient (Wildman–Crippen LogP) is 1.96. The van der Waals surface area contributed by atoms with Gasteiger partial charge < -0.3 is 9.47 Å². The van der Waals surface area contributed by atoms with Crippen LogP contribution in [0.1, 0.15) is 12.5 Å². The Morgan fingerprint density at radius 1 is 1.35 bits per heavy atom. The fourth-order valence-electron chi connectivity index (χ4n) is 2.15. The number of esters is 1. The van der Waals surface area contributed by atoms with Crippen LogP contribution in [0, 0.1) is 0 Å². The maximum Gasteiger partial charge on any atom is 0.331 e. The van der Waals surface area contributed by atoms with Crippen molar-refractivity contribution in [2.75, 3.05) is 32.8 Å². The molecular formula is C16H21NO3. The summed E-state index contributed by atoms with van der Waals surface area (Å²) in [5.41, 5.74) is 0.991. The molecular weight excluding hydrogens is 254 g/mol. The molecule has 1 unspecified atom stereocenters. The maximum absolute atomic E-state index is 11.7. The number of morpholine rings is 1. The van der Waals surface area contributed by atoms with Gasteiger partial charge in [-0.05, 0) is 18.6 Å². The topological polar surface area (TPSA) is 38.8 Å². The summed E-state index contributed by atoms with van der Waals surface area (Å²) in [5, 5.41) is 0. The molecule has 1 heterocycles. The average molecular weight is 275 g/mol. The van der Waals surface area contributed by atoms with E-state index in [-0.39, 0.29) is 12.1 Å². The fourth-order valence-corrected chi connectivity index (χ4v) is 2.15. The Labute approximate surface area is 120 Å². The van der Waals surface area contributed by atoms with Crippen molar-refractivity contribution in [2.45, 2.75) is 13.0 Å². The molecule has 0 N–H and O–H groups in total. The average Bonchev–Trinajstić information content (AvgIpc) is 2.47. The van der Waals surface area contributed by atoms with Gasteiger partial charge in [0.25, 0.3) is 0 Å². The number of carbonyl (C=O) groups is 1. The number of ether oxygens (including phenoxy) is 2. The molecule has 2 rings (SSSR count). The molecule has 1 aromatic rings. The molecule has 0 saturated carbocycles. The van der Waals surface area contributed by atoms with E-state index in [0.717, 1.165) is 38.4 Å². The van der Waals surface area contributed by atoms with Gasteiger partial charge in [0.2, 0.25) is 0 Å². The maximum atomic E-state index is 11.7. The molecule has 108 valence electrons. The van der Waals surface area contributed by atoms with Crippen molar-refractivity contribution < 1.29 is 14.3 Å². The smallest absolute Gasteiger partial charge is 0.331 e. The highest BCUT2D eigenvalue weighted by molar-refractivity contribution is 5.87. The molecule has 0 spiro atoms. The minimum Gasteiger partial charge on any atom is -0.458 e. The monoisotopic (exact) mass is 275 g/mol. The summed E-state index contributed by atoms with van der Waals surface area (Å²) in [4.78, 5) is 14.0. The molecule has 0 aromatic heterocycles. The Morgan fingerprint density at radius 3 is 2.75 bits per heavy atom. The quantitative estimate of drug-likeness (QED) is 0.608. The molecule has 1 fully saturated rings. The third kappa shape index (κ3) is 5.15. The van der Waals surface area contributed by atoms with E-state index in [1.165, 1.54) is 6.08 Å². The lowest BCUT2D eigenvalue weighted by Gasteiger charge is -2.28. The summed E-state index contributed by atoms with van der Waals surface area (Å²) < 4.78 is 10.7. The summed E-state index contributed by atoms with van der Waals surface area (Å²) in [6, 6.07) is 9.71. The van der Waals surface area contributed by atoms with Crippen molar-refractivity contribution >= 4 is 12.0 Å². The molecule has 1 aliphatic rings. The Kier molecular flexibility index (Phi) is 5.77. The Hall–Kier alpha value is -1.65. The molecule has 1 atom stereocenters. The minimum absolute atomic E-state index is 0.110. The standard InChI is InChI=1S/C16H21NO3/c1-14(13-17-9-11-19-12-10-17)20-16(18)8-7-15-5-3-2-4-6-15/h2-8,14H,9-13H2,1H3/b8-7+. The molecule has 0 aliphatic carbocycles. The highest BCUT2D eigenvalue weighted by Gasteiger charge is 2.15. The minimum atomic E-state index is -0.297. The van der Waals surface area contributed by atoms with Gasteiger partial charge in [-0.3, -0.25) is 4.90 Å². The Balaban J connectivity index is 1.74. The summed E-state index contributed by atoms with van der Waals surface area (Å²) in [7, 11) is 0. The molecule has 0 amide bonds. The lowest BCUT2D eigenvalue weighted by molar-refractivity contribution is -0.143. The molecule has 20 heavy (non-hydrogen) atoms. The van der Waals surface area contributed by atoms with Crippen LogP contribution in [0.3, 0.4) is 0 Å². The van der Waals surface area contributed by atoms with Crippen LogP contribution < -0.4 is 0 Å².